The van der Waals surface area contributed by atoms with E-state index < -0.39 is 10.0 Å². The zero-order chi connectivity index (χ0) is 15.3. The van der Waals surface area contributed by atoms with Crippen LogP contribution in [-0.2, 0) is 10.0 Å². The van der Waals surface area contributed by atoms with Crippen molar-refractivity contribution < 1.29 is 8.42 Å². The van der Waals surface area contributed by atoms with E-state index in [9.17, 15) is 8.42 Å². The fraction of sp³-hybridized carbons (Fsp3) is 0.231. The number of aromatic nitrogens is 2. The van der Waals surface area contributed by atoms with Crippen LogP contribution in [0.25, 0.3) is 0 Å². The van der Waals surface area contributed by atoms with Crippen molar-refractivity contribution in [3.63, 3.8) is 0 Å². The van der Waals surface area contributed by atoms with Crippen LogP contribution in [0.4, 0.5) is 5.82 Å². The zero-order valence-corrected chi connectivity index (χ0v) is 12.9. The summed E-state index contributed by atoms with van der Waals surface area (Å²) in [5.41, 5.74) is 0.819. The topological polar surface area (TPSA) is 84.0 Å². The Kier molecular flexibility index (Phi) is 5.11. The lowest BCUT2D eigenvalue weighted by Gasteiger charge is -2.09. The summed E-state index contributed by atoms with van der Waals surface area (Å²) in [6.45, 7) is 2.44. The van der Waals surface area contributed by atoms with Gasteiger partial charge in [0, 0.05) is 13.1 Å². The van der Waals surface area contributed by atoms with Gasteiger partial charge in [0.05, 0.1) is 10.7 Å². The average molecular weight is 327 g/mol. The van der Waals surface area contributed by atoms with Crippen molar-refractivity contribution >= 4 is 27.4 Å². The molecule has 0 radical (unpaired) electrons. The van der Waals surface area contributed by atoms with Crippen molar-refractivity contribution in [2.75, 3.05) is 18.4 Å². The van der Waals surface area contributed by atoms with Gasteiger partial charge in [0.2, 0.25) is 10.0 Å². The first-order valence-electron chi connectivity index (χ1n) is 6.27. The smallest absolute Gasteiger partial charge is 0.242 e. The van der Waals surface area contributed by atoms with Crippen LogP contribution in [0, 0.1) is 6.92 Å². The largest absolute Gasteiger partial charge is 0.367 e. The van der Waals surface area contributed by atoms with Gasteiger partial charge in [-0.2, -0.15) is 5.10 Å². The van der Waals surface area contributed by atoms with Gasteiger partial charge in [0.1, 0.15) is 10.7 Å². The Bertz CT molecular complexity index is 704. The van der Waals surface area contributed by atoms with Gasteiger partial charge in [-0.05, 0) is 31.2 Å². The van der Waals surface area contributed by atoms with Crippen molar-refractivity contribution in [2.45, 2.75) is 11.8 Å². The molecule has 0 spiro atoms. The molecule has 0 fully saturated rings. The molecule has 0 bridgehead atoms. The number of hydrogen-bond acceptors (Lipinski definition) is 5. The summed E-state index contributed by atoms with van der Waals surface area (Å²) in [5, 5.41) is 11.0. The third-order valence-corrected chi connectivity index (χ3v) is 4.61. The summed E-state index contributed by atoms with van der Waals surface area (Å²) >= 11 is 5.88. The van der Waals surface area contributed by atoms with E-state index in [0.29, 0.717) is 12.4 Å². The molecular weight excluding hydrogens is 312 g/mol. The summed E-state index contributed by atoms with van der Waals surface area (Å²) in [6, 6.07) is 9.91. The van der Waals surface area contributed by atoms with Crippen molar-refractivity contribution in [1.29, 1.82) is 0 Å². The molecule has 8 heteroatoms. The number of anilines is 1. The monoisotopic (exact) mass is 326 g/mol. The number of benzene rings is 1. The Morgan fingerprint density at radius 3 is 2.52 bits per heavy atom. The predicted octanol–water partition coefficient (Wildman–Crippen LogP) is 1.83. The number of halogens is 1. The number of nitrogens with zero attached hydrogens (tertiary/aromatic N) is 2. The molecule has 6 nitrogen and oxygen atoms in total. The van der Waals surface area contributed by atoms with Crippen molar-refractivity contribution in [1.82, 2.24) is 14.9 Å². The molecular formula is C13H15ClN4O2S. The molecule has 2 rings (SSSR count). The van der Waals surface area contributed by atoms with Crippen LogP contribution in [0.5, 0.6) is 0 Å². The summed E-state index contributed by atoms with van der Waals surface area (Å²) in [6.07, 6.45) is 0. The van der Waals surface area contributed by atoms with E-state index in [4.69, 9.17) is 11.6 Å². The van der Waals surface area contributed by atoms with Gasteiger partial charge in [-0.25, -0.2) is 13.1 Å². The van der Waals surface area contributed by atoms with E-state index in [1.807, 2.05) is 13.0 Å². The van der Waals surface area contributed by atoms with Crippen LogP contribution < -0.4 is 10.0 Å². The van der Waals surface area contributed by atoms with Crippen LogP contribution in [0.1, 0.15) is 5.69 Å². The van der Waals surface area contributed by atoms with E-state index in [-0.39, 0.29) is 16.5 Å². The molecule has 0 aliphatic carbocycles. The van der Waals surface area contributed by atoms with E-state index >= 15 is 0 Å². The molecule has 0 saturated heterocycles. The number of sulfonamides is 1. The Labute approximate surface area is 128 Å². The molecule has 1 heterocycles. The molecule has 0 aliphatic heterocycles. The Morgan fingerprint density at radius 1 is 1.10 bits per heavy atom. The Morgan fingerprint density at radius 2 is 1.86 bits per heavy atom. The van der Waals surface area contributed by atoms with Gasteiger partial charge in [0.15, 0.2) is 0 Å². The fourth-order valence-electron chi connectivity index (χ4n) is 1.61. The summed E-state index contributed by atoms with van der Waals surface area (Å²) in [7, 11) is -3.61. The van der Waals surface area contributed by atoms with Gasteiger partial charge in [0.25, 0.3) is 0 Å². The quantitative estimate of drug-likeness (QED) is 0.791. The maximum atomic E-state index is 12.1. The number of rotatable bonds is 6. The number of nitrogens with one attached hydrogen (secondary N) is 2. The van der Waals surface area contributed by atoms with Crippen LogP contribution in [-0.4, -0.2) is 31.7 Å². The summed E-state index contributed by atoms with van der Waals surface area (Å²) in [5.74, 6) is 0.595. The van der Waals surface area contributed by atoms with Crippen molar-refractivity contribution in [2.24, 2.45) is 0 Å². The Hall–Kier alpha value is -1.70. The maximum Gasteiger partial charge on any atom is 0.242 e. The van der Waals surface area contributed by atoms with Gasteiger partial charge in [-0.1, -0.05) is 23.7 Å². The van der Waals surface area contributed by atoms with Crippen LogP contribution in [0.2, 0.25) is 5.02 Å². The van der Waals surface area contributed by atoms with Gasteiger partial charge >= 0.3 is 0 Å². The second kappa shape index (κ2) is 6.84. The highest BCUT2D eigenvalue weighted by Crippen LogP contribution is 2.19. The highest BCUT2D eigenvalue weighted by molar-refractivity contribution is 7.89. The molecule has 0 amide bonds. The maximum absolute atomic E-state index is 12.1. The first-order chi connectivity index (χ1) is 9.99. The van der Waals surface area contributed by atoms with E-state index in [1.54, 1.807) is 18.2 Å². The van der Waals surface area contributed by atoms with Crippen molar-refractivity contribution in [3.8, 4) is 0 Å². The van der Waals surface area contributed by atoms with Gasteiger partial charge in [-0.3, -0.25) is 0 Å². The third kappa shape index (κ3) is 4.38. The minimum Gasteiger partial charge on any atom is -0.367 e. The minimum atomic E-state index is -3.61. The highest BCUT2D eigenvalue weighted by Gasteiger charge is 2.16. The van der Waals surface area contributed by atoms with Gasteiger partial charge < -0.3 is 5.32 Å². The highest BCUT2D eigenvalue weighted by atomic mass is 35.5. The number of aryl methyl sites for hydroxylation is 1. The predicted molar refractivity (Wildman–Crippen MR) is 81.9 cm³/mol. The standard InChI is InChI=1S/C13H15ClN4O2S/c1-10-6-7-13(18-17-10)15-8-9-16-21(19,20)12-5-3-2-4-11(12)14/h2-7,16H,8-9H2,1H3,(H,15,18). The lowest BCUT2D eigenvalue weighted by Crippen LogP contribution is -2.29. The molecule has 0 atom stereocenters. The molecule has 2 N–H and O–H groups in total. The summed E-state index contributed by atoms with van der Waals surface area (Å²) < 4.78 is 26.6. The normalized spacial score (nSPS) is 11.3. The lowest BCUT2D eigenvalue weighted by atomic mass is 10.4. The first-order valence-corrected chi connectivity index (χ1v) is 8.13. The molecule has 0 aliphatic rings. The fourth-order valence-corrected chi connectivity index (χ4v) is 3.16. The van der Waals surface area contributed by atoms with Gasteiger partial charge in [-0.15, -0.1) is 5.10 Å². The van der Waals surface area contributed by atoms with E-state index in [0.717, 1.165) is 5.69 Å². The molecule has 2 aromatic rings. The second-order valence-electron chi connectivity index (χ2n) is 4.31. The van der Waals surface area contributed by atoms with E-state index in [1.165, 1.54) is 12.1 Å². The zero-order valence-electron chi connectivity index (χ0n) is 11.4. The third-order valence-electron chi connectivity index (χ3n) is 2.65. The van der Waals surface area contributed by atoms with E-state index in [2.05, 4.69) is 20.2 Å². The molecule has 0 unspecified atom stereocenters. The first kappa shape index (κ1) is 15.7. The molecule has 1 aromatic heterocycles. The average Bonchev–Trinajstić information content (AvgIpc) is 2.46. The van der Waals surface area contributed by atoms with Crippen LogP contribution in [0.15, 0.2) is 41.3 Å². The summed E-state index contributed by atoms with van der Waals surface area (Å²) in [4.78, 5) is 0.0711. The second-order valence-corrected chi connectivity index (χ2v) is 6.46. The minimum absolute atomic E-state index is 0.0711. The number of hydrogen-bond donors (Lipinski definition) is 2. The van der Waals surface area contributed by atoms with Crippen LogP contribution in [0.3, 0.4) is 0 Å². The molecule has 0 saturated carbocycles. The lowest BCUT2D eigenvalue weighted by molar-refractivity contribution is 0.583. The molecule has 1 aromatic carbocycles. The van der Waals surface area contributed by atoms with Crippen molar-refractivity contribution in [3.05, 3.63) is 47.1 Å². The SMILES string of the molecule is Cc1ccc(NCCNS(=O)(=O)c2ccccc2Cl)nn1. The Balaban J connectivity index is 1.88. The molecule has 21 heavy (non-hydrogen) atoms. The van der Waals surface area contributed by atoms with Crippen LogP contribution >= 0.6 is 11.6 Å². The molecule has 112 valence electrons.